The fourth-order valence-electron chi connectivity index (χ4n) is 1.92. The van der Waals surface area contributed by atoms with Gasteiger partial charge in [-0.3, -0.25) is 4.79 Å². The van der Waals surface area contributed by atoms with Crippen molar-refractivity contribution < 1.29 is 9.18 Å². The molecule has 0 bridgehead atoms. The van der Waals surface area contributed by atoms with E-state index in [2.05, 4.69) is 10.3 Å². The minimum Gasteiger partial charge on any atom is -0.341 e. The number of benzene rings is 1. The van der Waals surface area contributed by atoms with Crippen LogP contribution in [0.5, 0.6) is 0 Å². The van der Waals surface area contributed by atoms with Crippen molar-refractivity contribution in [3.8, 4) is 0 Å². The Balaban J connectivity index is 2.43. The van der Waals surface area contributed by atoms with Crippen molar-refractivity contribution in [1.29, 1.82) is 0 Å². The van der Waals surface area contributed by atoms with Crippen molar-refractivity contribution >= 4 is 5.91 Å². The van der Waals surface area contributed by atoms with Gasteiger partial charge in [-0.05, 0) is 13.0 Å². The first-order chi connectivity index (χ1) is 9.50. The number of carbonyl (C=O) groups is 1. The Labute approximate surface area is 116 Å². The second kappa shape index (κ2) is 5.83. The van der Waals surface area contributed by atoms with E-state index in [9.17, 15) is 9.18 Å². The first kappa shape index (κ1) is 14.2. The average molecular weight is 276 g/mol. The lowest BCUT2D eigenvalue weighted by atomic mass is 10.0. The third kappa shape index (κ3) is 2.85. The molecule has 0 radical (unpaired) electrons. The molecule has 2 unspecified atom stereocenters. The zero-order valence-corrected chi connectivity index (χ0v) is 11.4. The smallest absolute Gasteiger partial charge is 0.237 e. The van der Waals surface area contributed by atoms with E-state index in [4.69, 9.17) is 5.73 Å². The van der Waals surface area contributed by atoms with Gasteiger partial charge in [-0.1, -0.05) is 18.2 Å². The zero-order chi connectivity index (χ0) is 14.7. The number of amides is 1. The molecule has 0 saturated heterocycles. The van der Waals surface area contributed by atoms with Crippen LogP contribution in [-0.4, -0.2) is 21.5 Å². The van der Waals surface area contributed by atoms with Crippen molar-refractivity contribution in [2.75, 3.05) is 0 Å². The molecular formula is C14H17FN4O. The van der Waals surface area contributed by atoms with Gasteiger partial charge in [0, 0.05) is 25.0 Å². The predicted molar refractivity (Wildman–Crippen MR) is 73.2 cm³/mol. The maximum Gasteiger partial charge on any atom is 0.237 e. The van der Waals surface area contributed by atoms with E-state index >= 15 is 0 Å². The number of carbonyl (C=O) groups excluding carboxylic acids is 1. The number of nitrogens with zero attached hydrogens (tertiary/aromatic N) is 2. The molecule has 1 amide bonds. The van der Waals surface area contributed by atoms with E-state index in [1.54, 1.807) is 49.1 Å². The molecule has 1 aromatic heterocycles. The van der Waals surface area contributed by atoms with E-state index in [0.29, 0.717) is 11.4 Å². The van der Waals surface area contributed by atoms with Crippen LogP contribution < -0.4 is 11.1 Å². The van der Waals surface area contributed by atoms with Crippen LogP contribution in [0.2, 0.25) is 0 Å². The summed E-state index contributed by atoms with van der Waals surface area (Å²) in [6.07, 6.45) is 3.34. The molecule has 6 heteroatoms. The van der Waals surface area contributed by atoms with Crippen molar-refractivity contribution in [3.63, 3.8) is 0 Å². The van der Waals surface area contributed by atoms with Crippen LogP contribution in [0, 0.1) is 5.82 Å². The third-order valence-corrected chi connectivity index (χ3v) is 3.03. The SMILES string of the molecule is CC(N)C(=O)NC(c1ccccc1F)c1nccn1C. The van der Waals surface area contributed by atoms with E-state index < -0.39 is 17.9 Å². The van der Waals surface area contributed by atoms with Crippen LogP contribution in [0.15, 0.2) is 36.7 Å². The van der Waals surface area contributed by atoms with Crippen LogP contribution >= 0.6 is 0 Å². The van der Waals surface area contributed by atoms with Gasteiger partial charge in [0.1, 0.15) is 17.7 Å². The Morgan fingerprint density at radius 1 is 1.45 bits per heavy atom. The molecule has 2 rings (SSSR count). The number of hydrogen-bond donors (Lipinski definition) is 2. The second-order valence-corrected chi connectivity index (χ2v) is 4.65. The molecule has 5 nitrogen and oxygen atoms in total. The number of hydrogen-bond acceptors (Lipinski definition) is 3. The van der Waals surface area contributed by atoms with Gasteiger partial charge in [0.15, 0.2) is 0 Å². The molecule has 0 aliphatic rings. The molecule has 20 heavy (non-hydrogen) atoms. The molecule has 2 atom stereocenters. The molecule has 2 aromatic rings. The van der Waals surface area contributed by atoms with Crippen LogP contribution in [0.4, 0.5) is 4.39 Å². The predicted octanol–water partition coefficient (Wildman–Crippen LogP) is 1.11. The number of aromatic nitrogens is 2. The highest BCUT2D eigenvalue weighted by atomic mass is 19.1. The number of imidazole rings is 1. The standard InChI is InChI=1S/C14H17FN4O/c1-9(16)14(20)18-12(13-17-7-8-19(13)2)10-5-3-4-6-11(10)15/h3-9,12H,16H2,1-2H3,(H,18,20). The molecule has 0 fully saturated rings. The van der Waals surface area contributed by atoms with Gasteiger partial charge in [0.25, 0.3) is 0 Å². The van der Waals surface area contributed by atoms with Crippen LogP contribution in [0.1, 0.15) is 24.4 Å². The Morgan fingerprint density at radius 2 is 2.15 bits per heavy atom. The highest BCUT2D eigenvalue weighted by Crippen LogP contribution is 2.23. The quantitative estimate of drug-likeness (QED) is 0.878. The summed E-state index contributed by atoms with van der Waals surface area (Å²) in [7, 11) is 1.79. The highest BCUT2D eigenvalue weighted by Gasteiger charge is 2.24. The highest BCUT2D eigenvalue weighted by molar-refractivity contribution is 5.81. The Bertz CT molecular complexity index is 609. The lowest BCUT2D eigenvalue weighted by Crippen LogP contribution is -2.41. The molecule has 0 aliphatic carbocycles. The van der Waals surface area contributed by atoms with Gasteiger partial charge >= 0.3 is 0 Å². The van der Waals surface area contributed by atoms with Gasteiger partial charge in [-0.15, -0.1) is 0 Å². The normalized spacial score (nSPS) is 13.8. The van der Waals surface area contributed by atoms with Crippen LogP contribution in [-0.2, 0) is 11.8 Å². The molecule has 3 N–H and O–H groups in total. The number of rotatable bonds is 4. The minimum atomic E-state index is -0.676. The average Bonchev–Trinajstić information content (AvgIpc) is 2.82. The Hall–Kier alpha value is -2.21. The van der Waals surface area contributed by atoms with E-state index in [1.165, 1.54) is 6.07 Å². The van der Waals surface area contributed by atoms with Crippen molar-refractivity contribution in [2.45, 2.75) is 19.0 Å². The molecular weight excluding hydrogens is 259 g/mol. The van der Waals surface area contributed by atoms with Crippen molar-refractivity contribution in [3.05, 3.63) is 53.9 Å². The van der Waals surface area contributed by atoms with E-state index in [0.717, 1.165) is 0 Å². The fourth-order valence-corrected chi connectivity index (χ4v) is 1.92. The summed E-state index contributed by atoms with van der Waals surface area (Å²) >= 11 is 0. The van der Waals surface area contributed by atoms with Crippen molar-refractivity contribution in [1.82, 2.24) is 14.9 Å². The monoisotopic (exact) mass is 276 g/mol. The first-order valence-corrected chi connectivity index (χ1v) is 6.28. The summed E-state index contributed by atoms with van der Waals surface area (Å²) in [6.45, 7) is 1.58. The topological polar surface area (TPSA) is 72.9 Å². The van der Waals surface area contributed by atoms with Gasteiger partial charge in [0.05, 0.1) is 6.04 Å². The van der Waals surface area contributed by atoms with Gasteiger partial charge < -0.3 is 15.6 Å². The first-order valence-electron chi connectivity index (χ1n) is 6.28. The summed E-state index contributed by atoms with van der Waals surface area (Å²) in [4.78, 5) is 16.0. The van der Waals surface area contributed by atoms with E-state index in [1.807, 2.05) is 0 Å². The zero-order valence-electron chi connectivity index (χ0n) is 11.4. The summed E-state index contributed by atoms with van der Waals surface area (Å²) in [6, 6.07) is 4.94. The number of aryl methyl sites for hydroxylation is 1. The largest absolute Gasteiger partial charge is 0.341 e. The Morgan fingerprint density at radius 3 is 2.70 bits per heavy atom. The maximum absolute atomic E-state index is 14.0. The molecule has 0 aliphatic heterocycles. The second-order valence-electron chi connectivity index (χ2n) is 4.65. The summed E-state index contributed by atoms with van der Waals surface area (Å²) < 4.78 is 15.7. The molecule has 1 heterocycles. The van der Waals surface area contributed by atoms with Crippen LogP contribution in [0.3, 0.4) is 0 Å². The molecule has 106 valence electrons. The summed E-state index contributed by atoms with van der Waals surface area (Å²) in [5, 5.41) is 2.73. The van der Waals surface area contributed by atoms with Gasteiger partial charge in [-0.2, -0.15) is 0 Å². The molecule has 0 saturated carbocycles. The molecule has 1 aromatic carbocycles. The maximum atomic E-state index is 14.0. The fraction of sp³-hybridized carbons (Fsp3) is 0.286. The Kier molecular flexibility index (Phi) is 4.14. The lowest BCUT2D eigenvalue weighted by Gasteiger charge is -2.20. The summed E-state index contributed by atoms with van der Waals surface area (Å²) in [5.74, 6) is -0.212. The summed E-state index contributed by atoms with van der Waals surface area (Å²) in [5.41, 5.74) is 5.92. The van der Waals surface area contributed by atoms with Gasteiger partial charge in [-0.25, -0.2) is 9.37 Å². The lowest BCUT2D eigenvalue weighted by molar-refractivity contribution is -0.122. The van der Waals surface area contributed by atoms with Crippen LogP contribution in [0.25, 0.3) is 0 Å². The number of nitrogens with two attached hydrogens (primary N) is 1. The third-order valence-electron chi connectivity index (χ3n) is 3.03. The number of nitrogens with one attached hydrogen (secondary N) is 1. The minimum absolute atomic E-state index is 0.357. The molecule has 0 spiro atoms. The van der Waals surface area contributed by atoms with Crippen molar-refractivity contribution in [2.24, 2.45) is 12.8 Å². The van der Waals surface area contributed by atoms with Gasteiger partial charge in [0.2, 0.25) is 5.91 Å². The number of halogens is 1. The van der Waals surface area contributed by atoms with E-state index in [-0.39, 0.29) is 5.91 Å².